The van der Waals surface area contributed by atoms with E-state index in [9.17, 15) is 19.8 Å². The number of carbonyl (C=O) groups is 2. The van der Waals surface area contributed by atoms with Crippen LogP contribution in [0, 0.1) is 0 Å². The lowest BCUT2D eigenvalue weighted by Crippen LogP contribution is -2.32. The average Bonchev–Trinajstić information content (AvgIpc) is 2.94. The van der Waals surface area contributed by atoms with Crippen molar-refractivity contribution in [1.29, 1.82) is 0 Å². The highest BCUT2D eigenvalue weighted by atomic mass is 79.9. The predicted octanol–water partition coefficient (Wildman–Crippen LogP) is 3.26. The van der Waals surface area contributed by atoms with Crippen molar-refractivity contribution in [3.63, 3.8) is 0 Å². The number of β-amino-alcohol motifs (C(OH)–C–C–N with tert-alkyl or cyclic N) is 1. The van der Waals surface area contributed by atoms with Gasteiger partial charge in [0.15, 0.2) is 0 Å². The maximum Gasteiger partial charge on any atom is 0.295 e. The second-order valence-electron chi connectivity index (χ2n) is 6.23. The standard InChI is InChI=1S/C21H20BrNO5/c1-2-28-16-9-5-14(6-10-16)19(25)17-18(13-3-7-15(22)8-4-13)23(11-12-24)21(27)20(17)26/h3-10,18,24-25H,2,11-12H2,1H3/b19-17-. The molecular weight excluding hydrogens is 426 g/mol. The number of benzene rings is 2. The van der Waals surface area contributed by atoms with Gasteiger partial charge in [-0.2, -0.15) is 0 Å². The summed E-state index contributed by atoms with van der Waals surface area (Å²) in [5, 5.41) is 20.2. The van der Waals surface area contributed by atoms with Crippen LogP contribution in [0.5, 0.6) is 5.75 Å². The van der Waals surface area contributed by atoms with Gasteiger partial charge < -0.3 is 19.8 Å². The van der Waals surface area contributed by atoms with Gasteiger partial charge >= 0.3 is 0 Å². The second kappa shape index (κ2) is 8.58. The van der Waals surface area contributed by atoms with E-state index in [0.29, 0.717) is 23.5 Å². The van der Waals surface area contributed by atoms with Crippen LogP contribution in [0.4, 0.5) is 0 Å². The molecule has 1 saturated heterocycles. The molecule has 0 radical (unpaired) electrons. The number of rotatable bonds is 6. The molecule has 1 heterocycles. The van der Waals surface area contributed by atoms with Gasteiger partial charge in [0, 0.05) is 16.6 Å². The summed E-state index contributed by atoms with van der Waals surface area (Å²) in [5.74, 6) is -1.12. The number of aliphatic hydroxyl groups is 2. The lowest BCUT2D eigenvalue weighted by atomic mass is 9.95. The van der Waals surface area contributed by atoms with Crippen LogP contribution in [-0.4, -0.2) is 46.6 Å². The van der Waals surface area contributed by atoms with Crippen LogP contribution in [0.1, 0.15) is 24.1 Å². The molecule has 28 heavy (non-hydrogen) atoms. The topological polar surface area (TPSA) is 87.1 Å². The summed E-state index contributed by atoms with van der Waals surface area (Å²) in [6, 6.07) is 13.0. The molecule has 3 rings (SSSR count). The molecule has 1 aliphatic rings. The van der Waals surface area contributed by atoms with Crippen molar-refractivity contribution in [3.05, 3.63) is 69.7 Å². The minimum atomic E-state index is -0.771. The lowest BCUT2D eigenvalue weighted by Gasteiger charge is -2.24. The first-order valence-electron chi connectivity index (χ1n) is 8.86. The average molecular weight is 446 g/mol. The summed E-state index contributed by atoms with van der Waals surface area (Å²) in [4.78, 5) is 26.5. The third-order valence-electron chi connectivity index (χ3n) is 4.51. The van der Waals surface area contributed by atoms with Gasteiger partial charge in [-0.3, -0.25) is 9.59 Å². The third kappa shape index (κ3) is 3.81. The summed E-state index contributed by atoms with van der Waals surface area (Å²) in [6.45, 7) is 2.09. The predicted molar refractivity (Wildman–Crippen MR) is 108 cm³/mol. The molecule has 0 spiro atoms. The van der Waals surface area contributed by atoms with E-state index in [1.54, 1.807) is 48.5 Å². The number of hydrogen-bond acceptors (Lipinski definition) is 5. The Labute approximate surface area is 171 Å². The Morgan fingerprint density at radius 1 is 1.11 bits per heavy atom. The SMILES string of the molecule is CCOc1ccc(/C(O)=C2/C(=O)C(=O)N(CCO)C2c2ccc(Br)cc2)cc1. The first-order chi connectivity index (χ1) is 13.5. The Bertz CT molecular complexity index is 905. The van der Waals surface area contributed by atoms with E-state index in [4.69, 9.17) is 4.74 Å². The maximum atomic E-state index is 12.7. The van der Waals surface area contributed by atoms with E-state index < -0.39 is 17.7 Å². The molecule has 7 heteroatoms. The van der Waals surface area contributed by atoms with Crippen LogP contribution >= 0.6 is 15.9 Å². The Hall–Kier alpha value is -2.64. The van der Waals surface area contributed by atoms with Crippen LogP contribution in [0.3, 0.4) is 0 Å². The van der Waals surface area contributed by atoms with Crippen molar-refractivity contribution >= 4 is 33.4 Å². The number of ketones is 1. The number of halogens is 1. The zero-order valence-corrected chi connectivity index (χ0v) is 16.8. The normalized spacial score (nSPS) is 18.5. The highest BCUT2D eigenvalue weighted by molar-refractivity contribution is 9.10. The number of nitrogens with zero attached hydrogens (tertiary/aromatic N) is 1. The van der Waals surface area contributed by atoms with E-state index in [2.05, 4.69) is 15.9 Å². The molecule has 1 amide bonds. The molecule has 0 bridgehead atoms. The number of carbonyl (C=O) groups excluding carboxylic acids is 2. The summed E-state index contributed by atoms with van der Waals surface area (Å²) in [5.41, 5.74) is 1.08. The van der Waals surface area contributed by atoms with Crippen molar-refractivity contribution < 1.29 is 24.5 Å². The van der Waals surface area contributed by atoms with E-state index in [0.717, 1.165) is 4.47 Å². The Morgan fingerprint density at radius 2 is 1.75 bits per heavy atom. The molecule has 1 unspecified atom stereocenters. The highest BCUT2D eigenvalue weighted by Crippen LogP contribution is 2.39. The van der Waals surface area contributed by atoms with Crippen molar-refractivity contribution in [2.24, 2.45) is 0 Å². The summed E-state index contributed by atoms with van der Waals surface area (Å²) in [7, 11) is 0. The molecule has 0 saturated carbocycles. The van der Waals surface area contributed by atoms with Crippen LogP contribution < -0.4 is 4.74 Å². The lowest BCUT2D eigenvalue weighted by molar-refractivity contribution is -0.140. The van der Waals surface area contributed by atoms with Gasteiger partial charge in [-0.1, -0.05) is 28.1 Å². The third-order valence-corrected chi connectivity index (χ3v) is 5.03. The molecule has 2 aromatic rings. The second-order valence-corrected chi connectivity index (χ2v) is 7.14. The van der Waals surface area contributed by atoms with Crippen LogP contribution in [0.2, 0.25) is 0 Å². The van der Waals surface area contributed by atoms with Crippen LogP contribution in [0.15, 0.2) is 58.6 Å². The maximum absolute atomic E-state index is 12.7. The van der Waals surface area contributed by atoms with Crippen molar-refractivity contribution in [1.82, 2.24) is 4.90 Å². The molecule has 1 aliphatic heterocycles. The molecule has 0 aromatic heterocycles. The van der Waals surface area contributed by atoms with E-state index >= 15 is 0 Å². The van der Waals surface area contributed by atoms with Gasteiger partial charge in [0.25, 0.3) is 11.7 Å². The molecule has 6 nitrogen and oxygen atoms in total. The smallest absolute Gasteiger partial charge is 0.295 e. The molecule has 2 aromatic carbocycles. The highest BCUT2D eigenvalue weighted by Gasteiger charge is 2.45. The molecule has 0 aliphatic carbocycles. The first-order valence-corrected chi connectivity index (χ1v) is 9.65. The largest absolute Gasteiger partial charge is 0.507 e. The van der Waals surface area contributed by atoms with Crippen molar-refractivity contribution in [2.75, 3.05) is 19.8 Å². The summed E-state index contributed by atoms with van der Waals surface area (Å²) >= 11 is 3.36. The zero-order chi connectivity index (χ0) is 20.3. The molecule has 1 fully saturated rings. The van der Waals surface area contributed by atoms with Crippen LogP contribution in [-0.2, 0) is 9.59 Å². The first kappa shape index (κ1) is 20.1. The van der Waals surface area contributed by atoms with Crippen molar-refractivity contribution in [2.45, 2.75) is 13.0 Å². The quantitative estimate of drug-likeness (QED) is 0.404. The number of likely N-dealkylation sites (tertiary alicyclic amines) is 1. The number of amides is 1. The van der Waals surface area contributed by atoms with Gasteiger partial charge in [-0.05, 0) is 48.9 Å². The minimum absolute atomic E-state index is 0.00457. The minimum Gasteiger partial charge on any atom is -0.507 e. The van der Waals surface area contributed by atoms with Crippen molar-refractivity contribution in [3.8, 4) is 5.75 Å². The number of hydrogen-bond donors (Lipinski definition) is 2. The van der Waals surface area contributed by atoms with E-state index in [1.807, 2.05) is 6.92 Å². The Kier molecular flexibility index (Phi) is 6.16. The monoisotopic (exact) mass is 445 g/mol. The zero-order valence-electron chi connectivity index (χ0n) is 15.3. The summed E-state index contributed by atoms with van der Waals surface area (Å²) < 4.78 is 6.24. The molecular formula is C21H20BrNO5. The van der Waals surface area contributed by atoms with Gasteiger partial charge in [0.05, 0.1) is 24.8 Å². The Morgan fingerprint density at radius 3 is 2.32 bits per heavy atom. The molecule has 2 N–H and O–H groups in total. The number of aliphatic hydroxyl groups excluding tert-OH is 2. The van der Waals surface area contributed by atoms with Gasteiger partial charge in [0.1, 0.15) is 11.5 Å². The van der Waals surface area contributed by atoms with E-state index in [1.165, 1.54) is 4.90 Å². The fourth-order valence-electron chi connectivity index (χ4n) is 3.24. The van der Waals surface area contributed by atoms with Crippen LogP contribution in [0.25, 0.3) is 5.76 Å². The Balaban J connectivity index is 2.10. The van der Waals surface area contributed by atoms with Gasteiger partial charge in [-0.15, -0.1) is 0 Å². The fraction of sp³-hybridized carbons (Fsp3) is 0.238. The fourth-order valence-corrected chi connectivity index (χ4v) is 3.51. The molecule has 1 atom stereocenters. The number of ether oxygens (including phenoxy) is 1. The number of Topliss-reactive ketones (excluding diaryl/α,β-unsaturated/α-hetero) is 1. The molecule has 146 valence electrons. The van der Waals surface area contributed by atoms with E-state index in [-0.39, 0.29) is 24.5 Å². The summed E-state index contributed by atoms with van der Waals surface area (Å²) in [6.07, 6.45) is 0. The van der Waals surface area contributed by atoms with Gasteiger partial charge in [0.2, 0.25) is 0 Å². The van der Waals surface area contributed by atoms with Gasteiger partial charge in [-0.25, -0.2) is 0 Å².